The van der Waals surface area contributed by atoms with Crippen molar-refractivity contribution in [2.75, 3.05) is 7.05 Å². The molecule has 158 valence electrons. The Bertz CT molecular complexity index is 1290. The Labute approximate surface area is 188 Å². The molecule has 31 heavy (non-hydrogen) atoms. The van der Waals surface area contributed by atoms with Crippen LogP contribution in [0.15, 0.2) is 61.4 Å². The molecule has 4 rings (SSSR count). The zero-order chi connectivity index (χ0) is 22.1. The lowest BCUT2D eigenvalue weighted by Crippen LogP contribution is -2.12. The van der Waals surface area contributed by atoms with E-state index in [1.54, 1.807) is 12.3 Å². The van der Waals surface area contributed by atoms with E-state index in [0.29, 0.717) is 15.6 Å². The van der Waals surface area contributed by atoms with Crippen LogP contribution in [0.25, 0.3) is 21.9 Å². The van der Waals surface area contributed by atoms with Crippen molar-refractivity contribution in [3.05, 3.63) is 82.5 Å². The number of hydrogen-bond acceptors (Lipinski definition) is 5. The van der Waals surface area contributed by atoms with Gasteiger partial charge < -0.3 is 15.8 Å². The van der Waals surface area contributed by atoms with Crippen molar-refractivity contribution in [1.82, 2.24) is 14.7 Å². The number of halogens is 1. The third-order valence-corrected chi connectivity index (χ3v) is 6.48. The van der Waals surface area contributed by atoms with Gasteiger partial charge in [-0.3, -0.25) is 9.20 Å². The van der Waals surface area contributed by atoms with Crippen LogP contribution in [0.3, 0.4) is 0 Å². The second-order valence-electron chi connectivity index (χ2n) is 6.97. The number of carbonyl (C=O) groups is 1. The van der Waals surface area contributed by atoms with E-state index >= 15 is 0 Å². The maximum Gasteiger partial charge on any atom is 0.262 e. The minimum Gasteiger partial charge on any atom is -0.484 e. The molecule has 0 saturated carbocycles. The van der Waals surface area contributed by atoms with E-state index in [1.165, 1.54) is 11.3 Å². The molecule has 3 N–H and O–H groups in total. The van der Waals surface area contributed by atoms with E-state index in [1.807, 2.05) is 61.0 Å². The number of rotatable bonds is 7. The van der Waals surface area contributed by atoms with Gasteiger partial charge >= 0.3 is 0 Å². The SMILES string of the molecule is C=C(NC)c1ccn2c(-c3cc(OC(C)c4ccccc4Cl)c(C(N)=O)s3)cnc2c1. The summed E-state index contributed by atoms with van der Waals surface area (Å²) in [7, 11) is 1.83. The number of pyridine rings is 1. The molecular formula is C23H21ClN4O2S. The summed E-state index contributed by atoms with van der Waals surface area (Å²) < 4.78 is 8.05. The molecule has 0 aliphatic heterocycles. The largest absolute Gasteiger partial charge is 0.484 e. The predicted octanol–water partition coefficient (Wildman–Crippen LogP) is 5.15. The fourth-order valence-corrected chi connectivity index (χ4v) is 4.55. The molecule has 0 aliphatic carbocycles. The molecule has 1 atom stereocenters. The van der Waals surface area contributed by atoms with Crippen LogP contribution in [0, 0.1) is 0 Å². The van der Waals surface area contributed by atoms with E-state index in [0.717, 1.165) is 33.0 Å². The maximum atomic E-state index is 12.1. The summed E-state index contributed by atoms with van der Waals surface area (Å²) in [6.07, 6.45) is 3.33. The van der Waals surface area contributed by atoms with Gasteiger partial charge in [0.15, 0.2) is 0 Å². The van der Waals surface area contributed by atoms with Crippen LogP contribution >= 0.6 is 22.9 Å². The van der Waals surface area contributed by atoms with Gasteiger partial charge in [-0.2, -0.15) is 0 Å². The Morgan fingerprint density at radius 3 is 2.81 bits per heavy atom. The first-order chi connectivity index (χ1) is 14.9. The van der Waals surface area contributed by atoms with Crippen LogP contribution in [-0.4, -0.2) is 22.3 Å². The fourth-order valence-electron chi connectivity index (χ4n) is 3.31. The van der Waals surface area contributed by atoms with Gasteiger partial charge in [0.2, 0.25) is 0 Å². The molecule has 0 spiro atoms. The number of primary amides is 1. The van der Waals surface area contributed by atoms with Crippen molar-refractivity contribution in [3.8, 4) is 16.3 Å². The molecule has 1 amide bonds. The number of hydrogen-bond donors (Lipinski definition) is 2. The minimum absolute atomic E-state index is 0.351. The van der Waals surface area contributed by atoms with Gasteiger partial charge in [0.25, 0.3) is 5.91 Å². The number of nitrogens with one attached hydrogen (secondary N) is 1. The molecule has 4 aromatic rings. The topological polar surface area (TPSA) is 81.6 Å². The molecule has 6 nitrogen and oxygen atoms in total. The van der Waals surface area contributed by atoms with Crippen molar-refractivity contribution in [1.29, 1.82) is 0 Å². The second kappa shape index (κ2) is 8.45. The summed E-state index contributed by atoms with van der Waals surface area (Å²) in [5, 5.41) is 3.64. The zero-order valence-electron chi connectivity index (χ0n) is 17.1. The highest BCUT2D eigenvalue weighted by Crippen LogP contribution is 2.39. The second-order valence-corrected chi connectivity index (χ2v) is 8.42. The fraction of sp³-hybridized carbons (Fsp3) is 0.130. The molecule has 0 bridgehead atoms. The molecule has 3 heterocycles. The van der Waals surface area contributed by atoms with Crippen molar-refractivity contribution in [2.45, 2.75) is 13.0 Å². The summed E-state index contributed by atoms with van der Waals surface area (Å²) in [5.74, 6) is -0.117. The van der Waals surface area contributed by atoms with E-state index in [-0.39, 0.29) is 6.10 Å². The first kappa shape index (κ1) is 21.0. The van der Waals surface area contributed by atoms with Crippen molar-refractivity contribution in [2.24, 2.45) is 5.73 Å². The standard InChI is InChI=1S/C23H21ClN4O2S/c1-13(26-3)15-8-9-28-18(12-27-21(28)10-15)20-11-19(22(31-20)23(25)29)30-14(2)16-6-4-5-7-17(16)24/h4-12,14,26H,1H2,2-3H3,(H2,25,29). The number of nitrogens with two attached hydrogens (primary N) is 1. The van der Waals surface area contributed by atoms with Crippen molar-refractivity contribution < 1.29 is 9.53 Å². The molecule has 0 fully saturated rings. The Morgan fingerprint density at radius 1 is 1.32 bits per heavy atom. The Morgan fingerprint density at radius 2 is 2.10 bits per heavy atom. The summed E-state index contributed by atoms with van der Waals surface area (Å²) >= 11 is 7.57. The minimum atomic E-state index is -0.543. The van der Waals surface area contributed by atoms with Gasteiger partial charge in [0.1, 0.15) is 22.4 Å². The monoisotopic (exact) mass is 452 g/mol. The van der Waals surface area contributed by atoms with Crippen LogP contribution < -0.4 is 15.8 Å². The number of carbonyl (C=O) groups excluding carboxylic acids is 1. The number of benzene rings is 1. The summed E-state index contributed by atoms with van der Waals surface area (Å²) in [4.78, 5) is 17.8. The van der Waals surface area contributed by atoms with E-state index in [4.69, 9.17) is 22.1 Å². The average Bonchev–Trinajstić information content (AvgIpc) is 3.36. The molecular weight excluding hydrogens is 432 g/mol. The Kier molecular flexibility index (Phi) is 5.71. The van der Waals surface area contributed by atoms with Crippen molar-refractivity contribution in [3.63, 3.8) is 0 Å². The molecule has 0 saturated heterocycles. The molecule has 1 aromatic carbocycles. The Balaban J connectivity index is 1.71. The van der Waals surface area contributed by atoms with Gasteiger partial charge in [0, 0.05) is 41.2 Å². The van der Waals surface area contributed by atoms with Crippen LogP contribution in [0.5, 0.6) is 5.75 Å². The van der Waals surface area contributed by atoms with E-state index in [9.17, 15) is 4.79 Å². The number of imidazole rings is 1. The van der Waals surface area contributed by atoms with Gasteiger partial charge in [-0.15, -0.1) is 11.3 Å². The highest BCUT2D eigenvalue weighted by Gasteiger charge is 2.21. The third-order valence-electron chi connectivity index (χ3n) is 4.98. The van der Waals surface area contributed by atoms with Gasteiger partial charge in [-0.05, 0) is 25.1 Å². The molecule has 0 radical (unpaired) electrons. The number of ether oxygens (including phenoxy) is 1. The van der Waals surface area contributed by atoms with Gasteiger partial charge in [-0.25, -0.2) is 4.98 Å². The number of fused-ring (bicyclic) bond motifs is 1. The van der Waals surface area contributed by atoms with Crippen LogP contribution in [0.1, 0.15) is 33.8 Å². The lowest BCUT2D eigenvalue weighted by molar-refractivity contribution is 0.0998. The quantitative estimate of drug-likeness (QED) is 0.406. The van der Waals surface area contributed by atoms with E-state index < -0.39 is 5.91 Å². The smallest absolute Gasteiger partial charge is 0.262 e. The average molecular weight is 453 g/mol. The Hall–Kier alpha value is -3.29. The van der Waals surface area contributed by atoms with Crippen LogP contribution in [0.4, 0.5) is 0 Å². The van der Waals surface area contributed by atoms with E-state index in [2.05, 4.69) is 16.9 Å². The first-order valence-corrected chi connectivity index (χ1v) is 10.8. The highest BCUT2D eigenvalue weighted by atomic mass is 35.5. The van der Waals surface area contributed by atoms with Gasteiger partial charge in [0.05, 0.1) is 16.8 Å². The number of nitrogens with zero attached hydrogens (tertiary/aromatic N) is 2. The predicted molar refractivity (Wildman–Crippen MR) is 126 cm³/mol. The maximum absolute atomic E-state index is 12.1. The lowest BCUT2D eigenvalue weighted by Gasteiger charge is -2.16. The van der Waals surface area contributed by atoms with Crippen LogP contribution in [0.2, 0.25) is 5.02 Å². The number of amides is 1. The third kappa shape index (κ3) is 4.02. The molecule has 3 aromatic heterocycles. The van der Waals surface area contributed by atoms with Crippen molar-refractivity contribution >= 4 is 40.2 Å². The number of aromatic nitrogens is 2. The first-order valence-electron chi connectivity index (χ1n) is 9.58. The zero-order valence-corrected chi connectivity index (χ0v) is 18.6. The molecule has 1 unspecified atom stereocenters. The normalized spacial score (nSPS) is 12.0. The summed E-state index contributed by atoms with van der Waals surface area (Å²) in [6, 6.07) is 13.2. The summed E-state index contributed by atoms with van der Waals surface area (Å²) in [6.45, 7) is 5.87. The number of thiophene rings is 1. The summed E-state index contributed by atoms with van der Waals surface area (Å²) in [5.41, 5.74) is 9.83. The molecule has 0 aliphatic rings. The lowest BCUT2D eigenvalue weighted by atomic mass is 10.1. The highest BCUT2D eigenvalue weighted by molar-refractivity contribution is 7.17. The molecule has 8 heteroatoms. The van der Waals surface area contributed by atoms with Gasteiger partial charge in [-0.1, -0.05) is 36.4 Å². The van der Waals surface area contributed by atoms with Crippen LogP contribution in [-0.2, 0) is 0 Å².